The van der Waals surface area contributed by atoms with Crippen molar-refractivity contribution in [1.29, 1.82) is 5.26 Å². The third kappa shape index (κ3) is 1.94. The Kier molecular flexibility index (Phi) is 2.36. The summed E-state index contributed by atoms with van der Waals surface area (Å²) in [5.41, 5.74) is 0.526. The Morgan fingerprint density at radius 1 is 1.53 bits per heavy atom. The summed E-state index contributed by atoms with van der Waals surface area (Å²) in [4.78, 5) is 0. The van der Waals surface area contributed by atoms with Gasteiger partial charge in [-0.25, -0.2) is 4.39 Å². The van der Waals surface area contributed by atoms with Gasteiger partial charge < -0.3 is 4.74 Å². The highest BCUT2D eigenvalue weighted by Crippen LogP contribution is 2.48. The standard InChI is InChI=1S/C12H12FNO/c1-15-11-3-2-10(13)6-9(11)7-12(8-14)4-5-12/h2-3,6H,4-5,7H2,1H3. The fourth-order valence-corrected chi connectivity index (χ4v) is 1.73. The maximum absolute atomic E-state index is 13.0. The monoisotopic (exact) mass is 205 g/mol. The summed E-state index contributed by atoms with van der Waals surface area (Å²) >= 11 is 0. The van der Waals surface area contributed by atoms with Crippen LogP contribution in [-0.4, -0.2) is 7.11 Å². The number of ether oxygens (including phenoxy) is 1. The van der Waals surface area contributed by atoms with Crippen molar-refractivity contribution in [2.24, 2.45) is 5.41 Å². The van der Waals surface area contributed by atoms with E-state index in [2.05, 4.69) is 6.07 Å². The number of rotatable bonds is 3. The number of nitrogens with zero attached hydrogens (tertiary/aromatic N) is 1. The molecule has 1 aromatic carbocycles. The van der Waals surface area contributed by atoms with Crippen LogP contribution in [0.5, 0.6) is 5.75 Å². The van der Waals surface area contributed by atoms with E-state index in [1.54, 1.807) is 13.2 Å². The van der Waals surface area contributed by atoms with E-state index < -0.39 is 0 Å². The highest BCUT2D eigenvalue weighted by molar-refractivity contribution is 5.36. The molecule has 1 aliphatic carbocycles. The van der Waals surface area contributed by atoms with Gasteiger partial charge in [0.05, 0.1) is 18.6 Å². The van der Waals surface area contributed by atoms with Gasteiger partial charge in [0, 0.05) is 0 Å². The molecule has 0 atom stereocenters. The second-order valence-corrected chi connectivity index (χ2v) is 4.03. The molecule has 1 aliphatic rings. The van der Waals surface area contributed by atoms with Gasteiger partial charge in [0.25, 0.3) is 0 Å². The average Bonchev–Trinajstić information content (AvgIpc) is 2.99. The minimum Gasteiger partial charge on any atom is -0.496 e. The van der Waals surface area contributed by atoms with Crippen LogP contribution in [0.15, 0.2) is 18.2 Å². The third-order valence-electron chi connectivity index (χ3n) is 2.86. The van der Waals surface area contributed by atoms with E-state index >= 15 is 0 Å². The van der Waals surface area contributed by atoms with Crippen molar-refractivity contribution in [2.45, 2.75) is 19.3 Å². The van der Waals surface area contributed by atoms with E-state index in [0.29, 0.717) is 12.2 Å². The first-order valence-electron chi connectivity index (χ1n) is 4.93. The summed E-state index contributed by atoms with van der Waals surface area (Å²) in [5, 5.41) is 8.97. The lowest BCUT2D eigenvalue weighted by molar-refractivity contribution is 0.405. The fourth-order valence-electron chi connectivity index (χ4n) is 1.73. The quantitative estimate of drug-likeness (QED) is 0.760. The van der Waals surface area contributed by atoms with Gasteiger partial charge in [-0.15, -0.1) is 0 Å². The smallest absolute Gasteiger partial charge is 0.123 e. The van der Waals surface area contributed by atoms with Gasteiger partial charge in [0.2, 0.25) is 0 Å². The summed E-state index contributed by atoms with van der Waals surface area (Å²) in [5.74, 6) is 0.387. The molecule has 0 N–H and O–H groups in total. The molecule has 1 aromatic rings. The molecule has 0 aromatic heterocycles. The largest absolute Gasteiger partial charge is 0.496 e. The van der Waals surface area contributed by atoms with E-state index in [9.17, 15) is 4.39 Å². The van der Waals surface area contributed by atoms with Crippen LogP contribution in [0.25, 0.3) is 0 Å². The molecule has 2 nitrogen and oxygen atoms in total. The van der Waals surface area contributed by atoms with E-state index in [4.69, 9.17) is 10.00 Å². The Morgan fingerprint density at radius 3 is 2.80 bits per heavy atom. The molecular formula is C12H12FNO. The molecular weight excluding hydrogens is 193 g/mol. The number of halogens is 1. The van der Waals surface area contributed by atoms with Crippen LogP contribution in [0, 0.1) is 22.6 Å². The van der Waals surface area contributed by atoms with Gasteiger partial charge in [-0.1, -0.05) is 0 Å². The van der Waals surface area contributed by atoms with Crippen LogP contribution in [0.4, 0.5) is 4.39 Å². The van der Waals surface area contributed by atoms with Crippen LogP contribution in [0.2, 0.25) is 0 Å². The van der Waals surface area contributed by atoms with Crippen molar-refractivity contribution in [1.82, 2.24) is 0 Å². The van der Waals surface area contributed by atoms with Crippen molar-refractivity contribution in [3.63, 3.8) is 0 Å². The predicted molar refractivity (Wildman–Crippen MR) is 53.9 cm³/mol. The highest BCUT2D eigenvalue weighted by Gasteiger charge is 2.43. The van der Waals surface area contributed by atoms with Crippen LogP contribution in [-0.2, 0) is 6.42 Å². The lowest BCUT2D eigenvalue weighted by Gasteiger charge is -2.10. The average molecular weight is 205 g/mol. The van der Waals surface area contributed by atoms with Crippen molar-refractivity contribution in [3.05, 3.63) is 29.6 Å². The second-order valence-electron chi connectivity index (χ2n) is 4.03. The van der Waals surface area contributed by atoms with Gasteiger partial charge in [-0.3, -0.25) is 0 Å². The molecule has 78 valence electrons. The van der Waals surface area contributed by atoms with Crippen molar-refractivity contribution >= 4 is 0 Å². The minimum absolute atomic E-state index is 0.263. The molecule has 1 fully saturated rings. The maximum atomic E-state index is 13.0. The molecule has 1 saturated carbocycles. The first-order chi connectivity index (χ1) is 7.19. The number of hydrogen-bond donors (Lipinski definition) is 0. The van der Waals surface area contributed by atoms with E-state index in [0.717, 1.165) is 18.4 Å². The van der Waals surface area contributed by atoms with Crippen LogP contribution in [0.3, 0.4) is 0 Å². The molecule has 0 unspecified atom stereocenters. The molecule has 0 saturated heterocycles. The number of methoxy groups -OCH3 is 1. The first kappa shape index (κ1) is 9.97. The Hall–Kier alpha value is -1.56. The van der Waals surface area contributed by atoms with Gasteiger partial charge in [0.15, 0.2) is 0 Å². The van der Waals surface area contributed by atoms with Gasteiger partial charge in [-0.05, 0) is 43.0 Å². The summed E-state index contributed by atoms with van der Waals surface area (Å²) < 4.78 is 18.2. The molecule has 0 aliphatic heterocycles. The van der Waals surface area contributed by atoms with Crippen molar-refractivity contribution < 1.29 is 9.13 Å². The topological polar surface area (TPSA) is 33.0 Å². The van der Waals surface area contributed by atoms with E-state index in [1.165, 1.54) is 12.1 Å². The first-order valence-corrected chi connectivity index (χ1v) is 4.93. The maximum Gasteiger partial charge on any atom is 0.123 e. The summed E-state index contributed by atoms with van der Waals surface area (Å²) in [6, 6.07) is 6.73. The Morgan fingerprint density at radius 2 is 2.27 bits per heavy atom. The summed E-state index contributed by atoms with van der Waals surface area (Å²) in [6.45, 7) is 0. The molecule has 15 heavy (non-hydrogen) atoms. The normalized spacial score (nSPS) is 16.9. The van der Waals surface area contributed by atoms with Gasteiger partial charge in [0.1, 0.15) is 11.6 Å². The summed E-state index contributed by atoms with van der Waals surface area (Å²) in [7, 11) is 1.56. The molecule has 3 heteroatoms. The molecule has 0 spiro atoms. The van der Waals surface area contributed by atoms with E-state index in [-0.39, 0.29) is 11.2 Å². The second kappa shape index (κ2) is 3.54. The molecule has 0 bridgehead atoms. The Bertz CT molecular complexity index is 418. The SMILES string of the molecule is COc1ccc(F)cc1CC1(C#N)CC1. The van der Waals surface area contributed by atoms with Gasteiger partial charge >= 0.3 is 0 Å². The molecule has 0 radical (unpaired) electrons. The van der Waals surface area contributed by atoms with E-state index in [1.807, 2.05) is 0 Å². The van der Waals surface area contributed by atoms with Crippen molar-refractivity contribution in [2.75, 3.05) is 7.11 Å². The molecule has 2 rings (SSSR count). The lowest BCUT2D eigenvalue weighted by Crippen LogP contribution is -2.03. The number of nitriles is 1. The molecule has 0 amide bonds. The Balaban J connectivity index is 2.27. The Labute approximate surface area is 88.3 Å². The number of benzene rings is 1. The summed E-state index contributed by atoms with van der Waals surface area (Å²) in [6.07, 6.45) is 2.40. The van der Waals surface area contributed by atoms with Crippen molar-refractivity contribution in [3.8, 4) is 11.8 Å². The zero-order chi connectivity index (χ0) is 10.9. The van der Waals surface area contributed by atoms with Gasteiger partial charge in [-0.2, -0.15) is 5.26 Å². The minimum atomic E-state index is -0.278. The highest BCUT2D eigenvalue weighted by atomic mass is 19.1. The third-order valence-corrected chi connectivity index (χ3v) is 2.86. The van der Waals surface area contributed by atoms with Crippen LogP contribution in [0.1, 0.15) is 18.4 Å². The predicted octanol–water partition coefficient (Wildman–Crippen LogP) is 2.68. The lowest BCUT2D eigenvalue weighted by atomic mass is 9.97. The van der Waals surface area contributed by atoms with Crippen LogP contribution < -0.4 is 4.74 Å². The zero-order valence-electron chi connectivity index (χ0n) is 8.59. The fraction of sp³-hybridized carbons (Fsp3) is 0.417. The zero-order valence-corrected chi connectivity index (χ0v) is 8.59. The molecule has 0 heterocycles. The number of hydrogen-bond acceptors (Lipinski definition) is 2. The van der Waals surface area contributed by atoms with Crippen LogP contribution >= 0.6 is 0 Å².